The van der Waals surface area contributed by atoms with Crippen LogP contribution in [0, 0.1) is 5.92 Å². The van der Waals surface area contributed by atoms with E-state index in [0.717, 1.165) is 18.5 Å². The Hall–Kier alpha value is -0.900. The topological polar surface area (TPSA) is 50.9 Å². The average molecular weight is 181 g/mol. The molecule has 13 heavy (non-hydrogen) atoms. The summed E-state index contributed by atoms with van der Waals surface area (Å²) in [5.74, 6) is 0.428. The Morgan fingerprint density at radius 1 is 1.54 bits per heavy atom. The smallest absolute Gasteiger partial charge is 0.111 e. The molecule has 0 saturated heterocycles. The van der Waals surface area contributed by atoms with Crippen molar-refractivity contribution in [2.24, 2.45) is 5.92 Å². The van der Waals surface area contributed by atoms with Crippen LogP contribution < -0.4 is 0 Å². The van der Waals surface area contributed by atoms with E-state index in [0.29, 0.717) is 12.0 Å². The van der Waals surface area contributed by atoms with E-state index in [1.165, 1.54) is 0 Å². The normalized spacial score (nSPS) is 19.4. The first-order valence-electron chi connectivity index (χ1n) is 4.78. The predicted molar refractivity (Wildman–Crippen MR) is 48.1 cm³/mol. The summed E-state index contributed by atoms with van der Waals surface area (Å²) < 4.78 is 1.78. The Morgan fingerprint density at radius 2 is 2.23 bits per heavy atom. The molecule has 0 aromatic carbocycles. The molecule has 1 aromatic heterocycles. The van der Waals surface area contributed by atoms with Crippen molar-refractivity contribution in [2.45, 2.75) is 38.8 Å². The Kier molecular flexibility index (Phi) is 2.07. The van der Waals surface area contributed by atoms with Gasteiger partial charge in [0.15, 0.2) is 0 Å². The van der Waals surface area contributed by atoms with Gasteiger partial charge in [0.05, 0.1) is 6.20 Å². The lowest BCUT2D eigenvalue weighted by molar-refractivity contribution is 0.149. The minimum absolute atomic E-state index is 0.313. The highest BCUT2D eigenvalue weighted by atomic mass is 16.3. The van der Waals surface area contributed by atoms with Gasteiger partial charge in [-0.25, -0.2) is 4.68 Å². The van der Waals surface area contributed by atoms with Gasteiger partial charge in [0.1, 0.15) is 11.8 Å². The fraction of sp³-hybridized carbons (Fsp3) is 0.778. The second-order valence-corrected chi connectivity index (χ2v) is 4.00. The van der Waals surface area contributed by atoms with Crippen molar-refractivity contribution in [3.05, 3.63) is 11.9 Å². The number of aromatic nitrogens is 3. The molecule has 0 bridgehead atoms. The summed E-state index contributed by atoms with van der Waals surface area (Å²) in [4.78, 5) is 0. The van der Waals surface area contributed by atoms with Gasteiger partial charge >= 0.3 is 0 Å². The van der Waals surface area contributed by atoms with Gasteiger partial charge < -0.3 is 5.11 Å². The first-order chi connectivity index (χ1) is 6.18. The summed E-state index contributed by atoms with van der Waals surface area (Å²) in [6.45, 7) is 4.09. The lowest BCUT2D eigenvalue weighted by atomic mass is 10.2. The second-order valence-electron chi connectivity index (χ2n) is 4.00. The number of rotatable bonds is 3. The molecule has 1 heterocycles. The zero-order valence-corrected chi connectivity index (χ0v) is 8.01. The number of hydrogen-bond acceptors (Lipinski definition) is 3. The van der Waals surface area contributed by atoms with Crippen molar-refractivity contribution in [1.29, 1.82) is 0 Å². The first-order valence-corrected chi connectivity index (χ1v) is 4.78. The Bertz CT molecular complexity index is 291. The van der Waals surface area contributed by atoms with Gasteiger partial charge in [-0.1, -0.05) is 5.21 Å². The van der Waals surface area contributed by atoms with Gasteiger partial charge in [0, 0.05) is 6.04 Å². The molecular weight excluding hydrogens is 166 g/mol. The van der Waals surface area contributed by atoms with E-state index in [1.54, 1.807) is 4.68 Å². The predicted octanol–water partition coefficient (Wildman–Crippen LogP) is 1.30. The molecule has 0 radical (unpaired) electrons. The SMILES string of the molecule is CC(C)n1cc(C(O)C2CC2)nn1. The monoisotopic (exact) mass is 181 g/mol. The Morgan fingerprint density at radius 3 is 2.69 bits per heavy atom. The molecule has 72 valence electrons. The maximum atomic E-state index is 9.74. The summed E-state index contributed by atoms with van der Waals surface area (Å²) in [5.41, 5.74) is 0.719. The number of nitrogens with zero attached hydrogens (tertiary/aromatic N) is 3. The molecule has 2 rings (SSSR count). The van der Waals surface area contributed by atoms with Crippen LogP contribution in [0.4, 0.5) is 0 Å². The molecule has 1 saturated carbocycles. The van der Waals surface area contributed by atoms with Crippen LogP contribution in [-0.4, -0.2) is 20.1 Å². The first kappa shape index (κ1) is 8.69. The fourth-order valence-corrected chi connectivity index (χ4v) is 1.33. The molecule has 1 unspecified atom stereocenters. The summed E-state index contributed by atoms with van der Waals surface area (Å²) in [5, 5.41) is 17.7. The van der Waals surface area contributed by atoms with Crippen LogP contribution in [0.15, 0.2) is 6.20 Å². The van der Waals surface area contributed by atoms with E-state index in [9.17, 15) is 5.11 Å². The lowest BCUT2D eigenvalue weighted by Crippen LogP contribution is -2.01. The van der Waals surface area contributed by atoms with Crippen molar-refractivity contribution in [1.82, 2.24) is 15.0 Å². The highest BCUT2D eigenvalue weighted by Crippen LogP contribution is 2.40. The third-order valence-electron chi connectivity index (χ3n) is 2.43. The van der Waals surface area contributed by atoms with E-state index in [1.807, 2.05) is 20.0 Å². The van der Waals surface area contributed by atoms with Crippen LogP contribution in [0.2, 0.25) is 0 Å². The maximum Gasteiger partial charge on any atom is 0.111 e. The van der Waals surface area contributed by atoms with Crippen molar-refractivity contribution in [3.8, 4) is 0 Å². The van der Waals surface area contributed by atoms with E-state index in [4.69, 9.17) is 0 Å². The van der Waals surface area contributed by atoms with E-state index in [-0.39, 0.29) is 0 Å². The third kappa shape index (κ3) is 1.72. The minimum atomic E-state index is -0.396. The summed E-state index contributed by atoms with van der Waals surface area (Å²) in [6, 6.07) is 0.313. The van der Waals surface area contributed by atoms with Gasteiger partial charge in [0.25, 0.3) is 0 Å². The second kappa shape index (κ2) is 3.10. The van der Waals surface area contributed by atoms with Crippen LogP contribution in [0.3, 0.4) is 0 Å². The summed E-state index contributed by atoms with van der Waals surface area (Å²) >= 11 is 0. The largest absolute Gasteiger partial charge is 0.386 e. The Labute approximate surface area is 77.6 Å². The van der Waals surface area contributed by atoms with Crippen molar-refractivity contribution < 1.29 is 5.11 Å². The molecule has 1 atom stereocenters. The quantitative estimate of drug-likeness (QED) is 0.764. The Balaban J connectivity index is 2.11. The van der Waals surface area contributed by atoms with E-state index >= 15 is 0 Å². The number of aliphatic hydroxyl groups excluding tert-OH is 1. The average Bonchev–Trinajstić information content (AvgIpc) is 2.81. The highest BCUT2D eigenvalue weighted by Gasteiger charge is 2.32. The molecule has 1 aliphatic rings. The molecular formula is C9H15N3O. The standard InChI is InChI=1S/C9H15N3O/c1-6(2)12-5-8(10-11-12)9(13)7-3-4-7/h5-7,9,13H,3-4H2,1-2H3. The van der Waals surface area contributed by atoms with Crippen LogP contribution >= 0.6 is 0 Å². The molecule has 0 amide bonds. The maximum absolute atomic E-state index is 9.74. The molecule has 4 heteroatoms. The zero-order chi connectivity index (χ0) is 9.42. The van der Waals surface area contributed by atoms with Gasteiger partial charge in [-0.15, -0.1) is 5.10 Å². The van der Waals surface area contributed by atoms with Gasteiger partial charge in [-0.05, 0) is 32.6 Å². The third-order valence-corrected chi connectivity index (χ3v) is 2.43. The van der Waals surface area contributed by atoms with Crippen LogP contribution in [0.1, 0.15) is 44.5 Å². The molecule has 0 spiro atoms. The summed E-state index contributed by atoms with van der Waals surface area (Å²) in [6.07, 6.45) is 3.69. The van der Waals surface area contributed by atoms with E-state index in [2.05, 4.69) is 10.3 Å². The van der Waals surface area contributed by atoms with Gasteiger partial charge in [-0.2, -0.15) is 0 Å². The van der Waals surface area contributed by atoms with Crippen LogP contribution in [0.5, 0.6) is 0 Å². The van der Waals surface area contributed by atoms with E-state index < -0.39 is 6.10 Å². The van der Waals surface area contributed by atoms with Crippen LogP contribution in [-0.2, 0) is 0 Å². The number of hydrogen-bond donors (Lipinski definition) is 1. The zero-order valence-electron chi connectivity index (χ0n) is 8.01. The lowest BCUT2D eigenvalue weighted by Gasteiger charge is -2.04. The molecule has 1 aliphatic carbocycles. The molecule has 4 nitrogen and oxygen atoms in total. The van der Waals surface area contributed by atoms with Crippen molar-refractivity contribution >= 4 is 0 Å². The van der Waals surface area contributed by atoms with Gasteiger partial charge in [-0.3, -0.25) is 0 Å². The molecule has 1 aromatic rings. The minimum Gasteiger partial charge on any atom is -0.386 e. The van der Waals surface area contributed by atoms with Crippen molar-refractivity contribution in [2.75, 3.05) is 0 Å². The van der Waals surface area contributed by atoms with Gasteiger partial charge in [0.2, 0.25) is 0 Å². The van der Waals surface area contributed by atoms with Crippen molar-refractivity contribution in [3.63, 3.8) is 0 Å². The highest BCUT2D eigenvalue weighted by molar-refractivity contribution is 5.03. The molecule has 0 aliphatic heterocycles. The number of aliphatic hydroxyl groups is 1. The molecule has 1 N–H and O–H groups in total. The van der Waals surface area contributed by atoms with Crippen LogP contribution in [0.25, 0.3) is 0 Å². The summed E-state index contributed by atoms with van der Waals surface area (Å²) in [7, 11) is 0. The molecule has 1 fully saturated rings. The fourth-order valence-electron chi connectivity index (χ4n) is 1.33.